The van der Waals surface area contributed by atoms with Crippen LogP contribution in [-0.2, 0) is 9.84 Å². The largest absolute Gasteiger partial charge is 0.313 e. The second-order valence-electron chi connectivity index (χ2n) is 4.27. The van der Waals surface area contributed by atoms with Crippen molar-refractivity contribution < 1.29 is 8.42 Å². The summed E-state index contributed by atoms with van der Waals surface area (Å²) >= 11 is 1.61. The average Bonchev–Trinajstić information content (AvgIpc) is 2.31. The van der Waals surface area contributed by atoms with Gasteiger partial charge in [-0.3, -0.25) is 0 Å². The Morgan fingerprint density at radius 3 is 2.56 bits per heavy atom. The van der Waals surface area contributed by atoms with Crippen molar-refractivity contribution in [1.29, 1.82) is 0 Å². The number of thioether (sulfide) groups is 1. The van der Waals surface area contributed by atoms with Crippen LogP contribution in [0.2, 0.25) is 0 Å². The first kappa shape index (κ1) is 15.5. The van der Waals surface area contributed by atoms with Crippen LogP contribution in [0.1, 0.15) is 24.9 Å². The maximum absolute atomic E-state index is 11.1. The van der Waals surface area contributed by atoms with Gasteiger partial charge in [0, 0.05) is 22.9 Å². The maximum Gasteiger partial charge on any atom is 0.148 e. The van der Waals surface area contributed by atoms with Gasteiger partial charge in [0.05, 0.1) is 5.75 Å². The molecule has 0 aliphatic heterocycles. The van der Waals surface area contributed by atoms with Crippen molar-refractivity contribution in [2.75, 3.05) is 24.8 Å². The fraction of sp³-hybridized carbons (Fsp3) is 0.538. The molecule has 0 aliphatic rings. The van der Waals surface area contributed by atoms with Crippen LogP contribution in [0.3, 0.4) is 0 Å². The van der Waals surface area contributed by atoms with E-state index in [2.05, 4.69) is 24.4 Å². The topological polar surface area (TPSA) is 46.2 Å². The molecule has 102 valence electrons. The summed E-state index contributed by atoms with van der Waals surface area (Å²) in [6.07, 6.45) is 2.29. The molecular weight excluding hydrogens is 266 g/mol. The normalized spacial score (nSPS) is 13.5. The van der Waals surface area contributed by atoms with Crippen LogP contribution >= 0.6 is 11.8 Å². The molecule has 0 aromatic heterocycles. The van der Waals surface area contributed by atoms with Crippen molar-refractivity contribution in [3.63, 3.8) is 0 Å². The van der Waals surface area contributed by atoms with Gasteiger partial charge >= 0.3 is 0 Å². The molecule has 5 heteroatoms. The molecule has 0 spiro atoms. The van der Waals surface area contributed by atoms with Crippen molar-refractivity contribution in [1.82, 2.24) is 5.32 Å². The van der Waals surface area contributed by atoms with E-state index in [4.69, 9.17) is 0 Å². The minimum absolute atomic E-state index is 0.225. The summed E-state index contributed by atoms with van der Waals surface area (Å²) in [6.45, 7) is 2.14. The molecule has 1 unspecified atom stereocenters. The van der Waals surface area contributed by atoms with E-state index < -0.39 is 9.84 Å². The minimum Gasteiger partial charge on any atom is -0.313 e. The molecule has 0 bridgehead atoms. The van der Waals surface area contributed by atoms with Crippen LogP contribution in [0.15, 0.2) is 29.2 Å². The van der Waals surface area contributed by atoms with Crippen LogP contribution in [0, 0.1) is 0 Å². The van der Waals surface area contributed by atoms with Crippen LogP contribution in [0.5, 0.6) is 0 Å². The van der Waals surface area contributed by atoms with Crippen molar-refractivity contribution in [2.45, 2.75) is 24.3 Å². The summed E-state index contributed by atoms with van der Waals surface area (Å²) in [4.78, 5) is 1.17. The van der Waals surface area contributed by atoms with Crippen molar-refractivity contribution in [3.05, 3.63) is 29.8 Å². The molecule has 0 saturated carbocycles. The highest BCUT2D eigenvalue weighted by Gasteiger charge is 2.12. The van der Waals surface area contributed by atoms with Gasteiger partial charge in [-0.25, -0.2) is 8.42 Å². The Morgan fingerprint density at radius 1 is 1.33 bits per heavy atom. The van der Waals surface area contributed by atoms with E-state index in [1.54, 1.807) is 11.8 Å². The van der Waals surface area contributed by atoms with Crippen LogP contribution in [0.4, 0.5) is 0 Å². The van der Waals surface area contributed by atoms with E-state index in [0.29, 0.717) is 11.8 Å². The third kappa shape index (κ3) is 5.00. The molecule has 0 fully saturated rings. The molecule has 1 N–H and O–H groups in total. The minimum atomic E-state index is -2.87. The molecule has 1 atom stereocenters. The zero-order chi connectivity index (χ0) is 13.6. The molecule has 0 heterocycles. The summed E-state index contributed by atoms with van der Waals surface area (Å²) < 4.78 is 22.3. The number of hydrogen-bond acceptors (Lipinski definition) is 4. The molecule has 0 radical (unpaired) electrons. The summed E-state index contributed by atoms with van der Waals surface area (Å²) in [5.41, 5.74) is 1.25. The zero-order valence-electron chi connectivity index (χ0n) is 11.1. The van der Waals surface area contributed by atoms with Crippen LogP contribution in [0.25, 0.3) is 0 Å². The van der Waals surface area contributed by atoms with Crippen LogP contribution in [-0.4, -0.2) is 33.2 Å². The zero-order valence-corrected chi connectivity index (χ0v) is 12.8. The Bertz CT molecular complexity index is 468. The van der Waals surface area contributed by atoms with E-state index >= 15 is 0 Å². The lowest BCUT2D eigenvalue weighted by molar-refractivity contribution is 0.568. The van der Waals surface area contributed by atoms with E-state index in [9.17, 15) is 8.42 Å². The number of hydrogen-bond donors (Lipinski definition) is 1. The summed E-state index contributed by atoms with van der Waals surface area (Å²) in [5, 5.41) is 3.28. The maximum atomic E-state index is 11.1. The van der Waals surface area contributed by atoms with Crippen molar-refractivity contribution in [3.8, 4) is 0 Å². The third-order valence-corrected chi connectivity index (χ3v) is 5.06. The molecule has 1 rings (SSSR count). The van der Waals surface area contributed by atoms with E-state index in [-0.39, 0.29) is 5.75 Å². The molecule has 1 aromatic rings. The van der Waals surface area contributed by atoms with Gasteiger partial charge in [0.25, 0.3) is 0 Å². The molecule has 1 aromatic carbocycles. The van der Waals surface area contributed by atoms with Crippen LogP contribution < -0.4 is 5.32 Å². The predicted molar refractivity (Wildman–Crippen MR) is 79.0 cm³/mol. The molecule has 3 nitrogen and oxygen atoms in total. The van der Waals surface area contributed by atoms with Gasteiger partial charge in [0.2, 0.25) is 0 Å². The third-order valence-electron chi connectivity index (χ3n) is 2.76. The van der Waals surface area contributed by atoms with E-state index in [1.165, 1.54) is 16.7 Å². The first-order valence-electron chi connectivity index (χ1n) is 6.04. The monoisotopic (exact) mass is 287 g/mol. The van der Waals surface area contributed by atoms with Gasteiger partial charge in [0.15, 0.2) is 0 Å². The molecule has 0 saturated heterocycles. The number of nitrogens with one attached hydrogen (secondary N) is 1. The second kappa shape index (κ2) is 7.16. The Hall–Kier alpha value is -0.520. The fourth-order valence-corrected chi connectivity index (χ4v) is 4.10. The van der Waals surface area contributed by atoms with Crippen molar-refractivity contribution >= 4 is 21.6 Å². The molecule has 18 heavy (non-hydrogen) atoms. The predicted octanol–water partition coefficient (Wildman–Crippen LogP) is 2.49. The molecule has 0 amide bonds. The first-order valence-corrected chi connectivity index (χ1v) is 9.09. The number of sulfone groups is 1. The molecule has 0 aliphatic carbocycles. The number of benzene rings is 1. The Kier molecular flexibility index (Phi) is 6.18. The lowest BCUT2D eigenvalue weighted by Crippen LogP contribution is -2.16. The SMILES string of the molecule is CCC(NC)c1ccccc1SCCS(C)(=O)=O. The lowest BCUT2D eigenvalue weighted by Gasteiger charge is -2.18. The van der Waals surface area contributed by atoms with Gasteiger partial charge in [-0.15, -0.1) is 11.8 Å². The van der Waals surface area contributed by atoms with Gasteiger partial charge in [-0.05, 0) is 25.1 Å². The lowest BCUT2D eigenvalue weighted by atomic mass is 10.1. The fourth-order valence-electron chi connectivity index (χ4n) is 1.78. The van der Waals surface area contributed by atoms with Gasteiger partial charge in [0.1, 0.15) is 9.84 Å². The summed E-state index contributed by atoms with van der Waals surface area (Å²) in [7, 11) is -0.924. The average molecular weight is 287 g/mol. The van der Waals surface area contributed by atoms with E-state index in [1.807, 2.05) is 19.2 Å². The highest BCUT2D eigenvalue weighted by atomic mass is 32.2. The quantitative estimate of drug-likeness (QED) is 0.783. The van der Waals surface area contributed by atoms with Crippen molar-refractivity contribution in [2.24, 2.45) is 0 Å². The summed E-state index contributed by atoms with van der Waals surface area (Å²) in [6, 6.07) is 8.51. The second-order valence-corrected chi connectivity index (χ2v) is 7.66. The highest BCUT2D eigenvalue weighted by Crippen LogP contribution is 2.28. The Balaban J connectivity index is 2.76. The van der Waals surface area contributed by atoms with Gasteiger partial charge in [-0.1, -0.05) is 25.1 Å². The highest BCUT2D eigenvalue weighted by molar-refractivity contribution is 8.00. The van der Waals surface area contributed by atoms with Gasteiger partial charge < -0.3 is 5.32 Å². The molecular formula is C13H21NO2S2. The van der Waals surface area contributed by atoms with E-state index in [0.717, 1.165) is 6.42 Å². The Morgan fingerprint density at radius 2 is 2.00 bits per heavy atom. The Labute approximate surface area is 114 Å². The summed E-state index contributed by atoms with van der Waals surface area (Å²) in [5.74, 6) is 0.832. The standard InChI is InChI=1S/C13H21NO2S2/c1-4-12(14-2)11-7-5-6-8-13(11)17-9-10-18(3,15)16/h5-8,12,14H,4,9-10H2,1-3H3. The van der Waals surface area contributed by atoms with Gasteiger partial charge in [-0.2, -0.15) is 0 Å². The first-order chi connectivity index (χ1) is 8.48. The number of rotatable bonds is 7. The smallest absolute Gasteiger partial charge is 0.148 e.